The Kier molecular flexibility index (Phi) is 6.45. The molecule has 0 radical (unpaired) electrons. The summed E-state index contributed by atoms with van der Waals surface area (Å²) >= 11 is 6.48. The fraction of sp³-hybridized carbons (Fsp3) is 0.455. The Balaban J connectivity index is 1.65. The summed E-state index contributed by atoms with van der Waals surface area (Å²) in [6.07, 6.45) is 3.43. The zero-order valence-electron chi connectivity index (χ0n) is 16.6. The summed E-state index contributed by atoms with van der Waals surface area (Å²) < 4.78 is 11.7. The van der Waals surface area contributed by atoms with Gasteiger partial charge in [-0.25, -0.2) is 0 Å². The number of carbonyl (C=O) groups excluding carboxylic acids is 1. The summed E-state index contributed by atoms with van der Waals surface area (Å²) in [6.45, 7) is 6.88. The van der Waals surface area contributed by atoms with E-state index in [1.807, 2.05) is 42.3 Å². The van der Waals surface area contributed by atoms with Crippen LogP contribution in [0.4, 0.5) is 0 Å². The van der Waals surface area contributed by atoms with Crippen molar-refractivity contribution in [2.45, 2.75) is 19.1 Å². The van der Waals surface area contributed by atoms with E-state index in [9.17, 15) is 4.79 Å². The van der Waals surface area contributed by atoms with E-state index in [-0.39, 0.29) is 18.1 Å². The number of hydrogen-bond donors (Lipinski definition) is 0. The van der Waals surface area contributed by atoms with Crippen molar-refractivity contribution in [3.8, 4) is 0 Å². The third kappa shape index (κ3) is 4.46. The Morgan fingerprint density at radius 1 is 1.17 bits per heavy atom. The molecular weight excluding hydrogens is 390 g/mol. The fourth-order valence-electron chi connectivity index (χ4n) is 4.06. The number of benzene rings is 1. The van der Waals surface area contributed by atoms with E-state index in [1.165, 1.54) is 0 Å². The Bertz CT molecular complexity index is 842. The Morgan fingerprint density at radius 2 is 2.00 bits per heavy atom. The number of nitrogens with zero attached hydrogens (tertiary/aromatic N) is 3. The van der Waals surface area contributed by atoms with Crippen LogP contribution < -0.4 is 0 Å². The van der Waals surface area contributed by atoms with Gasteiger partial charge >= 0.3 is 0 Å². The molecule has 0 bridgehead atoms. The Labute approximate surface area is 176 Å². The molecule has 3 heterocycles. The minimum absolute atomic E-state index is 0.0668. The second kappa shape index (κ2) is 9.22. The van der Waals surface area contributed by atoms with Crippen molar-refractivity contribution in [3.05, 3.63) is 64.4 Å². The van der Waals surface area contributed by atoms with Crippen molar-refractivity contribution >= 4 is 17.5 Å². The van der Waals surface area contributed by atoms with Crippen molar-refractivity contribution in [3.63, 3.8) is 0 Å². The smallest absolute Gasteiger partial charge is 0.256 e. The Morgan fingerprint density at radius 3 is 2.76 bits per heavy atom. The molecule has 2 aliphatic rings. The van der Waals surface area contributed by atoms with Gasteiger partial charge in [0.2, 0.25) is 0 Å². The normalized spacial score (nSPS) is 23.2. The van der Waals surface area contributed by atoms with Crippen molar-refractivity contribution in [2.75, 3.05) is 46.0 Å². The summed E-state index contributed by atoms with van der Waals surface area (Å²) in [4.78, 5) is 22.0. The van der Waals surface area contributed by atoms with Crippen LogP contribution in [0.3, 0.4) is 0 Å². The second-order valence-corrected chi connectivity index (χ2v) is 7.87. The SMILES string of the molecule is Cc1cccc(C(=O)N2CCO[C@@H](CN3CCOCC3)[C@@H]2c2cccnc2)c1Cl. The molecule has 0 aliphatic carbocycles. The highest BCUT2D eigenvalue weighted by atomic mass is 35.5. The van der Waals surface area contributed by atoms with Crippen LogP contribution in [-0.2, 0) is 9.47 Å². The lowest BCUT2D eigenvalue weighted by Crippen LogP contribution is -2.53. The number of halogens is 1. The molecule has 4 rings (SSSR count). The number of amides is 1. The molecule has 2 aromatic rings. The lowest BCUT2D eigenvalue weighted by Gasteiger charge is -2.43. The molecule has 0 spiro atoms. The van der Waals surface area contributed by atoms with Crippen LogP contribution in [0, 0.1) is 6.92 Å². The van der Waals surface area contributed by atoms with Gasteiger partial charge in [-0.05, 0) is 30.2 Å². The predicted octanol–water partition coefficient (Wildman–Crippen LogP) is 2.96. The standard InChI is InChI=1S/C22H26ClN3O3/c1-16-4-2-6-18(20(16)23)22(27)26-10-13-29-19(15-25-8-11-28-12-9-25)21(26)17-5-3-7-24-14-17/h2-7,14,19,21H,8-13,15H2,1H3/t19-,21-/m0/s1. The van der Waals surface area contributed by atoms with Crippen molar-refractivity contribution in [2.24, 2.45) is 0 Å². The predicted molar refractivity (Wildman–Crippen MR) is 111 cm³/mol. The van der Waals surface area contributed by atoms with Crippen molar-refractivity contribution < 1.29 is 14.3 Å². The minimum Gasteiger partial charge on any atom is -0.379 e. The molecule has 29 heavy (non-hydrogen) atoms. The Hall–Kier alpha value is -1.99. The number of morpholine rings is 2. The van der Waals surface area contributed by atoms with Crippen LogP contribution in [0.1, 0.15) is 27.5 Å². The molecule has 6 nitrogen and oxygen atoms in total. The van der Waals surface area contributed by atoms with Crippen LogP contribution >= 0.6 is 11.6 Å². The molecule has 1 aromatic heterocycles. The maximum atomic E-state index is 13.5. The fourth-order valence-corrected chi connectivity index (χ4v) is 4.27. The lowest BCUT2D eigenvalue weighted by molar-refractivity contribution is -0.0819. The molecule has 2 aliphatic heterocycles. The van der Waals surface area contributed by atoms with Crippen molar-refractivity contribution in [1.82, 2.24) is 14.8 Å². The van der Waals surface area contributed by atoms with E-state index in [0.717, 1.165) is 44.0 Å². The molecule has 7 heteroatoms. The van der Waals surface area contributed by atoms with Crippen LogP contribution in [0.2, 0.25) is 5.02 Å². The second-order valence-electron chi connectivity index (χ2n) is 7.49. The van der Waals surface area contributed by atoms with Gasteiger partial charge in [-0.15, -0.1) is 0 Å². The highest BCUT2D eigenvalue weighted by Gasteiger charge is 2.38. The maximum absolute atomic E-state index is 13.5. The third-order valence-corrected chi connectivity index (χ3v) is 6.10. The van der Waals surface area contributed by atoms with Crippen LogP contribution in [-0.4, -0.2) is 72.8 Å². The lowest BCUT2D eigenvalue weighted by atomic mass is 9.97. The monoisotopic (exact) mass is 415 g/mol. The summed E-state index contributed by atoms with van der Waals surface area (Å²) in [5, 5.41) is 0.513. The van der Waals surface area contributed by atoms with Gasteiger partial charge in [0, 0.05) is 38.6 Å². The van der Waals surface area contributed by atoms with Crippen molar-refractivity contribution in [1.29, 1.82) is 0 Å². The third-order valence-electron chi connectivity index (χ3n) is 5.60. The molecule has 0 unspecified atom stereocenters. The first-order chi connectivity index (χ1) is 14.1. The summed E-state index contributed by atoms with van der Waals surface area (Å²) in [5.74, 6) is -0.0668. The quantitative estimate of drug-likeness (QED) is 0.768. The molecule has 1 amide bonds. The van der Waals surface area contributed by atoms with Gasteiger partial charge in [0.15, 0.2) is 0 Å². The van der Waals surface area contributed by atoms with Crippen LogP contribution in [0.5, 0.6) is 0 Å². The molecule has 2 atom stereocenters. The van der Waals surface area contributed by atoms with E-state index < -0.39 is 0 Å². The molecular formula is C22H26ClN3O3. The first kappa shape index (κ1) is 20.3. The van der Waals surface area contributed by atoms with Gasteiger partial charge in [-0.3, -0.25) is 14.7 Å². The molecule has 0 saturated carbocycles. The van der Waals surface area contributed by atoms with E-state index in [1.54, 1.807) is 12.3 Å². The molecule has 154 valence electrons. The zero-order chi connectivity index (χ0) is 20.2. The largest absolute Gasteiger partial charge is 0.379 e. The van der Waals surface area contributed by atoms with Crippen LogP contribution in [0.15, 0.2) is 42.7 Å². The van der Waals surface area contributed by atoms with Gasteiger partial charge in [-0.2, -0.15) is 0 Å². The molecule has 1 aromatic carbocycles. The van der Waals surface area contributed by atoms with Gasteiger partial charge < -0.3 is 14.4 Å². The number of ether oxygens (including phenoxy) is 2. The topological polar surface area (TPSA) is 54.9 Å². The van der Waals surface area contributed by atoms with Crippen LogP contribution in [0.25, 0.3) is 0 Å². The molecule has 0 N–H and O–H groups in total. The highest BCUT2D eigenvalue weighted by Crippen LogP contribution is 2.33. The molecule has 2 fully saturated rings. The number of pyridine rings is 1. The van der Waals surface area contributed by atoms with E-state index >= 15 is 0 Å². The number of rotatable bonds is 4. The van der Waals surface area contributed by atoms with Gasteiger partial charge in [0.25, 0.3) is 5.91 Å². The average Bonchev–Trinajstić information content (AvgIpc) is 2.76. The first-order valence-electron chi connectivity index (χ1n) is 10.0. The number of aromatic nitrogens is 1. The van der Waals surface area contributed by atoms with E-state index in [0.29, 0.717) is 23.7 Å². The first-order valence-corrected chi connectivity index (χ1v) is 10.4. The van der Waals surface area contributed by atoms with E-state index in [4.69, 9.17) is 21.1 Å². The van der Waals surface area contributed by atoms with E-state index in [2.05, 4.69) is 9.88 Å². The maximum Gasteiger partial charge on any atom is 0.256 e. The summed E-state index contributed by atoms with van der Waals surface area (Å²) in [6, 6.07) is 9.28. The zero-order valence-corrected chi connectivity index (χ0v) is 17.3. The van der Waals surface area contributed by atoms with Gasteiger partial charge in [0.1, 0.15) is 0 Å². The van der Waals surface area contributed by atoms with Gasteiger partial charge in [-0.1, -0.05) is 29.8 Å². The number of carbonyl (C=O) groups is 1. The average molecular weight is 416 g/mol. The number of aryl methyl sites for hydroxylation is 1. The highest BCUT2D eigenvalue weighted by molar-refractivity contribution is 6.34. The van der Waals surface area contributed by atoms with Gasteiger partial charge in [0.05, 0.1) is 42.6 Å². The minimum atomic E-state index is -0.218. The summed E-state index contributed by atoms with van der Waals surface area (Å²) in [7, 11) is 0. The molecule has 2 saturated heterocycles. The summed E-state index contributed by atoms with van der Waals surface area (Å²) in [5.41, 5.74) is 2.41. The number of hydrogen-bond acceptors (Lipinski definition) is 5.